The Labute approximate surface area is 144 Å². The maximum Gasteiger partial charge on any atom is 0.408 e. The van der Waals surface area contributed by atoms with Gasteiger partial charge in [-0.1, -0.05) is 23.8 Å². The van der Waals surface area contributed by atoms with Gasteiger partial charge in [0.1, 0.15) is 11.6 Å². The van der Waals surface area contributed by atoms with E-state index in [1.165, 1.54) is 14.2 Å². The normalized spacial score (nSPS) is 12.5. The molecule has 0 fully saturated rings. The summed E-state index contributed by atoms with van der Waals surface area (Å²) in [5, 5.41) is 3.76. The lowest BCUT2D eigenvalue weighted by atomic mass is 9.98. The van der Waals surface area contributed by atoms with Gasteiger partial charge in [0, 0.05) is 13.5 Å². The Balaban J connectivity index is 2.99. The molecule has 0 spiro atoms. The molecule has 0 aromatic heterocycles. The van der Waals surface area contributed by atoms with Gasteiger partial charge >= 0.3 is 6.09 Å². The average Bonchev–Trinajstić information content (AvgIpc) is 2.46. The number of hydroxylamine groups is 2. The van der Waals surface area contributed by atoms with Gasteiger partial charge in [-0.3, -0.25) is 9.63 Å². The average molecular weight is 336 g/mol. The second kappa shape index (κ2) is 8.15. The second-order valence-electron chi connectivity index (χ2n) is 6.85. The van der Waals surface area contributed by atoms with Crippen molar-refractivity contribution in [3.8, 4) is 0 Å². The van der Waals surface area contributed by atoms with Crippen LogP contribution in [0, 0.1) is 13.8 Å². The number of nitrogens with zero attached hydrogens (tertiary/aromatic N) is 1. The molecule has 1 atom stereocenters. The van der Waals surface area contributed by atoms with E-state index in [0.717, 1.165) is 21.8 Å². The smallest absolute Gasteiger partial charge is 0.408 e. The molecule has 0 radical (unpaired) electrons. The number of benzene rings is 1. The van der Waals surface area contributed by atoms with Crippen LogP contribution in [-0.4, -0.2) is 42.9 Å². The van der Waals surface area contributed by atoms with E-state index in [-0.39, 0.29) is 5.91 Å². The van der Waals surface area contributed by atoms with Crippen LogP contribution in [0.15, 0.2) is 18.2 Å². The number of aryl methyl sites for hydroxylation is 2. The summed E-state index contributed by atoms with van der Waals surface area (Å²) in [4.78, 5) is 29.5. The van der Waals surface area contributed by atoms with E-state index >= 15 is 0 Å². The zero-order chi connectivity index (χ0) is 18.5. The zero-order valence-corrected chi connectivity index (χ0v) is 15.6. The van der Waals surface area contributed by atoms with Gasteiger partial charge in [0.15, 0.2) is 0 Å². The molecule has 134 valence electrons. The van der Waals surface area contributed by atoms with E-state index in [4.69, 9.17) is 9.57 Å². The SMILES string of the molecule is CON(C)C(=O)C(Cc1cc(C)ccc1C)NC(=O)OC(C)(C)C. The first-order chi connectivity index (χ1) is 11.0. The summed E-state index contributed by atoms with van der Waals surface area (Å²) in [5.74, 6) is -0.343. The Bertz CT molecular complexity index is 593. The molecule has 0 saturated heterocycles. The lowest BCUT2D eigenvalue weighted by molar-refractivity contribution is -0.171. The first-order valence-corrected chi connectivity index (χ1v) is 7.91. The van der Waals surface area contributed by atoms with E-state index in [1.54, 1.807) is 20.8 Å². The van der Waals surface area contributed by atoms with Crippen molar-refractivity contribution in [1.82, 2.24) is 10.4 Å². The van der Waals surface area contributed by atoms with Crippen LogP contribution in [-0.2, 0) is 20.8 Å². The van der Waals surface area contributed by atoms with Crippen molar-refractivity contribution in [3.63, 3.8) is 0 Å². The van der Waals surface area contributed by atoms with Crippen molar-refractivity contribution < 1.29 is 19.2 Å². The van der Waals surface area contributed by atoms with Crippen LogP contribution in [0.25, 0.3) is 0 Å². The number of alkyl carbamates (subject to hydrolysis) is 1. The molecule has 1 unspecified atom stereocenters. The summed E-state index contributed by atoms with van der Waals surface area (Å²) in [6, 6.07) is 5.25. The Morgan fingerprint density at radius 1 is 1.25 bits per heavy atom. The fourth-order valence-electron chi connectivity index (χ4n) is 2.20. The summed E-state index contributed by atoms with van der Waals surface area (Å²) in [6.07, 6.45) is -0.269. The number of rotatable bonds is 5. The predicted molar refractivity (Wildman–Crippen MR) is 92.6 cm³/mol. The molecule has 6 nitrogen and oxygen atoms in total. The number of ether oxygens (including phenoxy) is 1. The zero-order valence-electron chi connectivity index (χ0n) is 15.6. The van der Waals surface area contributed by atoms with Crippen LogP contribution in [0.4, 0.5) is 4.79 Å². The number of hydrogen-bond donors (Lipinski definition) is 1. The van der Waals surface area contributed by atoms with Gasteiger partial charge in [-0.15, -0.1) is 0 Å². The molecule has 6 heteroatoms. The third-order valence-corrected chi connectivity index (χ3v) is 3.50. The molecular formula is C18H28N2O4. The lowest BCUT2D eigenvalue weighted by Gasteiger charge is -2.26. The van der Waals surface area contributed by atoms with Crippen molar-refractivity contribution >= 4 is 12.0 Å². The van der Waals surface area contributed by atoms with Crippen molar-refractivity contribution in [2.45, 2.75) is 52.7 Å². The maximum atomic E-state index is 12.5. The van der Waals surface area contributed by atoms with Crippen molar-refractivity contribution in [2.75, 3.05) is 14.2 Å². The molecule has 0 saturated carbocycles. The molecule has 0 aliphatic rings. The topological polar surface area (TPSA) is 67.9 Å². The van der Waals surface area contributed by atoms with Crippen molar-refractivity contribution in [2.24, 2.45) is 0 Å². The van der Waals surface area contributed by atoms with Crippen LogP contribution in [0.5, 0.6) is 0 Å². The number of carbonyl (C=O) groups is 2. The van der Waals surface area contributed by atoms with Gasteiger partial charge in [0.25, 0.3) is 5.91 Å². The highest BCUT2D eigenvalue weighted by Crippen LogP contribution is 2.15. The van der Waals surface area contributed by atoms with Crippen LogP contribution >= 0.6 is 0 Å². The molecule has 0 aliphatic heterocycles. The summed E-state index contributed by atoms with van der Waals surface area (Å²) in [6.45, 7) is 9.28. The Morgan fingerprint density at radius 3 is 2.42 bits per heavy atom. The van der Waals surface area contributed by atoms with Crippen molar-refractivity contribution in [1.29, 1.82) is 0 Å². The van der Waals surface area contributed by atoms with Crippen LogP contribution in [0.3, 0.4) is 0 Å². The summed E-state index contributed by atoms with van der Waals surface area (Å²) in [7, 11) is 2.91. The summed E-state index contributed by atoms with van der Waals surface area (Å²) in [5.41, 5.74) is 2.52. The second-order valence-corrected chi connectivity index (χ2v) is 6.85. The van der Waals surface area contributed by atoms with Gasteiger partial charge in [-0.05, 0) is 45.7 Å². The highest BCUT2D eigenvalue weighted by atomic mass is 16.7. The van der Waals surface area contributed by atoms with E-state index in [0.29, 0.717) is 6.42 Å². The third kappa shape index (κ3) is 6.20. The first-order valence-electron chi connectivity index (χ1n) is 7.91. The van der Waals surface area contributed by atoms with E-state index in [9.17, 15) is 9.59 Å². The largest absolute Gasteiger partial charge is 0.444 e. The summed E-state index contributed by atoms with van der Waals surface area (Å²) >= 11 is 0. The molecule has 24 heavy (non-hydrogen) atoms. The van der Waals surface area contributed by atoms with Crippen LogP contribution in [0.1, 0.15) is 37.5 Å². The third-order valence-electron chi connectivity index (χ3n) is 3.50. The molecule has 0 heterocycles. The fourth-order valence-corrected chi connectivity index (χ4v) is 2.20. The minimum absolute atomic E-state index is 0.343. The lowest BCUT2D eigenvalue weighted by Crippen LogP contribution is -2.49. The Hall–Kier alpha value is -2.08. The minimum atomic E-state index is -0.773. The molecule has 0 aliphatic carbocycles. The van der Waals surface area contributed by atoms with E-state index in [2.05, 4.69) is 5.32 Å². The first kappa shape index (κ1) is 20.0. The van der Waals surface area contributed by atoms with Crippen LogP contribution < -0.4 is 5.32 Å². The number of hydrogen-bond acceptors (Lipinski definition) is 4. The maximum absolute atomic E-state index is 12.5. The molecule has 0 bridgehead atoms. The van der Waals surface area contributed by atoms with Gasteiger partial charge in [0.05, 0.1) is 7.11 Å². The van der Waals surface area contributed by atoms with Gasteiger partial charge in [-0.2, -0.15) is 0 Å². The fraction of sp³-hybridized carbons (Fsp3) is 0.556. The van der Waals surface area contributed by atoms with Gasteiger partial charge in [-0.25, -0.2) is 9.86 Å². The number of nitrogens with one attached hydrogen (secondary N) is 1. The quantitative estimate of drug-likeness (QED) is 0.840. The van der Waals surface area contributed by atoms with Crippen molar-refractivity contribution in [3.05, 3.63) is 34.9 Å². The predicted octanol–water partition coefficient (Wildman–Crippen LogP) is 2.76. The number of carbonyl (C=O) groups excluding carboxylic acids is 2. The number of likely N-dealkylation sites (N-methyl/N-ethyl adjacent to an activating group) is 1. The van der Waals surface area contributed by atoms with Gasteiger partial charge in [0.2, 0.25) is 0 Å². The van der Waals surface area contributed by atoms with E-state index < -0.39 is 17.7 Å². The Morgan fingerprint density at radius 2 is 1.88 bits per heavy atom. The highest BCUT2D eigenvalue weighted by molar-refractivity contribution is 5.85. The summed E-state index contributed by atoms with van der Waals surface area (Å²) < 4.78 is 5.26. The minimum Gasteiger partial charge on any atom is -0.444 e. The Kier molecular flexibility index (Phi) is 6.78. The standard InChI is InChI=1S/C18H28N2O4/c1-12-8-9-13(2)14(10-12)11-15(16(21)20(6)23-7)19-17(22)24-18(3,4)5/h8-10,15H,11H2,1-7H3,(H,19,22). The monoisotopic (exact) mass is 336 g/mol. The van der Waals surface area contributed by atoms with Crippen LogP contribution in [0.2, 0.25) is 0 Å². The number of amides is 2. The highest BCUT2D eigenvalue weighted by Gasteiger charge is 2.27. The molecule has 1 aromatic rings. The molecule has 1 rings (SSSR count). The molecule has 1 N–H and O–H groups in total. The van der Waals surface area contributed by atoms with E-state index in [1.807, 2.05) is 32.0 Å². The molecular weight excluding hydrogens is 308 g/mol. The van der Waals surface area contributed by atoms with Gasteiger partial charge < -0.3 is 10.1 Å². The molecule has 1 aromatic carbocycles. The molecule has 2 amide bonds.